The summed E-state index contributed by atoms with van der Waals surface area (Å²) in [5, 5.41) is 16.2. The smallest absolute Gasteiger partial charge is 0.407 e. The number of amides is 2. The van der Waals surface area contributed by atoms with E-state index in [1.807, 2.05) is 19.0 Å². The van der Waals surface area contributed by atoms with Gasteiger partial charge >= 0.3 is 6.09 Å². The average molecular weight is 342 g/mol. The van der Waals surface area contributed by atoms with Crippen LogP contribution < -0.4 is 10.6 Å². The Labute approximate surface area is 141 Å². The molecule has 3 atom stereocenters. The molecule has 3 unspecified atom stereocenters. The highest BCUT2D eigenvalue weighted by molar-refractivity contribution is 5.79. The lowest BCUT2D eigenvalue weighted by atomic mass is 9.79. The van der Waals surface area contributed by atoms with Gasteiger partial charge in [0.15, 0.2) is 0 Å². The fourth-order valence-electron chi connectivity index (χ4n) is 2.67. The van der Waals surface area contributed by atoms with E-state index in [9.17, 15) is 19.7 Å². The molecule has 2 N–H and O–H groups in total. The summed E-state index contributed by atoms with van der Waals surface area (Å²) >= 11 is 0. The number of nitrogens with zero attached hydrogens (tertiary/aromatic N) is 2. The first-order valence-electron chi connectivity index (χ1n) is 7.94. The van der Waals surface area contributed by atoms with Crippen molar-refractivity contribution in [1.82, 2.24) is 15.5 Å². The van der Waals surface area contributed by atoms with E-state index in [1.54, 1.807) is 6.08 Å². The zero-order chi connectivity index (χ0) is 18.1. The van der Waals surface area contributed by atoms with E-state index >= 15 is 0 Å². The van der Waals surface area contributed by atoms with Crippen molar-refractivity contribution >= 4 is 12.0 Å². The van der Waals surface area contributed by atoms with Crippen LogP contribution in [0.2, 0.25) is 0 Å². The van der Waals surface area contributed by atoms with Crippen molar-refractivity contribution in [2.24, 2.45) is 11.8 Å². The number of nitrogens with one attached hydrogen (secondary N) is 2. The second-order valence-corrected chi connectivity index (χ2v) is 6.02. The average Bonchev–Trinajstić information content (AvgIpc) is 2.55. The van der Waals surface area contributed by atoms with Crippen LogP contribution in [0, 0.1) is 22.0 Å². The second-order valence-electron chi connectivity index (χ2n) is 6.02. The predicted molar refractivity (Wildman–Crippen MR) is 88.1 cm³/mol. The summed E-state index contributed by atoms with van der Waals surface area (Å²) in [7, 11) is 5.33. The molecule has 0 spiro atoms. The Morgan fingerprint density at radius 3 is 2.71 bits per heavy atom. The summed E-state index contributed by atoms with van der Waals surface area (Å²) in [5.41, 5.74) is 0. The molecule has 0 saturated heterocycles. The molecule has 2 amide bonds. The van der Waals surface area contributed by atoms with Gasteiger partial charge in [-0.25, -0.2) is 4.79 Å². The standard InChI is InChI=1S/C15H26N4O5/c1-16-14(20)13-11(6-4-7-12(13)19(22)23)10-24-15(21)17-8-5-9-18(2)3/h4,7,11-13H,5-6,8-10H2,1-3H3,(H,16,20)(H,17,21). The lowest BCUT2D eigenvalue weighted by molar-refractivity contribution is -0.518. The maximum absolute atomic E-state index is 12.0. The molecule has 136 valence electrons. The van der Waals surface area contributed by atoms with Crippen LogP contribution in [0.15, 0.2) is 12.2 Å². The normalized spacial score (nSPS) is 22.9. The molecule has 0 aromatic carbocycles. The van der Waals surface area contributed by atoms with Crippen molar-refractivity contribution in [3.05, 3.63) is 22.3 Å². The van der Waals surface area contributed by atoms with Crippen molar-refractivity contribution in [3.63, 3.8) is 0 Å². The van der Waals surface area contributed by atoms with Crippen LogP contribution in [-0.2, 0) is 9.53 Å². The summed E-state index contributed by atoms with van der Waals surface area (Å²) < 4.78 is 5.14. The molecule has 24 heavy (non-hydrogen) atoms. The third-order valence-corrected chi connectivity index (χ3v) is 3.92. The molecule has 0 saturated carbocycles. The molecule has 0 bridgehead atoms. The number of alkyl carbamates (subject to hydrolysis) is 1. The molecule has 0 aromatic rings. The van der Waals surface area contributed by atoms with Crippen LogP contribution in [0.5, 0.6) is 0 Å². The van der Waals surface area contributed by atoms with Crippen LogP contribution in [0.1, 0.15) is 12.8 Å². The lowest BCUT2D eigenvalue weighted by Crippen LogP contribution is -2.46. The number of nitro groups is 1. The van der Waals surface area contributed by atoms with E-state index < -0.39 is 34.8 Å². The van der Waals surface area contributed by atoms with Gasteiger partial charge in [0.2, 0.25) is 11.9 Å². The quantitative estimate of drug-likeness (QED) is 0.283. The number of allylic oxidation sites excluding steroid dienone is 1. The molecule has 1 rings (SSSR count). The molecule has 1 aliphatic rings. The van der Waals surface area contributed by atoms with E-state index in [2.05, 4.69) is 10.6 Å². The number of hydrogen-bond acceptors (Lipinski definition) is 6. The van der Waals surface area contributed by atoms with E-state index in [-0.39, 0.29) is 6.61 Å². The van der Waals surface area contributed by atoms with Crippen LogP contribution in [-0.4, -0.2) is 68.7 Å². The maximum atomic E-state index is 12.0. The Kier molecular flexibility index (Phi) is 8.17. The van der Waals surface area contributed by atoms with Gasteiger partial charge in [-0.05, 0) is 39.6 Å². The molecule has 0 fully saturated rings. The topological polar surface area (TPSA) is 114 Å². The third-order valence-electron chi connectivity index (χ3n) is 3.92. The van der Waals surface area contributed by atoms with Crippen LogP contribution in [0.25, 0.3) is 0 Å². The largest absolute Gasteiger partial charge is 0.449 e. The minimum absolute atomic E-state index is 0.0354. The Hall–Kier alpha value is -2.16. The highest BCUT2D eigenvalue weighted by Gasteiger charge is 2.43. The van der Waals surface area contributed by atoms with Gasteiger partial charge in [0.25, 0.3) is 0 Å². The molecule has 0 aliphatic heterocycles. The van der Waals surface area contributed by atoms with Gasteiger partial charge in [0.1, 0.15) is 5.92 Å². The van der Waals surface area contributed by atoms with Crippen LogP contribution in [0.3, 0.4) is 0 Å². The molecule has 0 radical (unpaired) electrons. The first-order chi connectivity index (χ1) is 11.4. The van der Waals surface area contributed by atoms with Crippen molar-refractivity contribution in [1.29, 1.82) is 0 Å². The van der Waals surface area contributed by atoms with E-state index in [4.69, 9.17) is 4.74 Å². The summed E-state index contributed by atoms with van der Waals surface area (Å²) in [6, 6.07) is -1.10. The Morgan fingerprint density at radius 1 is 1.42 bits per heavy atom. The number of hydrogen-bond donors (Lipinski definition) is 2. The van der Waals surface area contributed by atoms with E-state index in [0.29, 0.717) is 13.0 Å². The zero-order valence-corrected chi connectivity index (χ0v) is 14.4. The lowest BCUT2D eigenvalue weighted by Gasteiger charge is -2.28. The Morgan fingerprint density at radius 2 is 2.12 bits per heavy atom. The fraction of sp³-hybridized carbons (Fsp3) is 0.733. The number of carbonyl (C=O) groups is 2. The second kappa shape index (κ2) is 9.86. The monoisotopic (exact) mass is 342 g/mol. The molecule has 9 nitrogen and oxygen atoms in total. The van der Waals surface area contributed by atoms with Gasteiger partial charge in [-0.3, -0.25) is 14.9 Å². The molecule has 9 heteroatoms. The van der Waals surface area contributed by atoms with Gasteiger partial charge in [-0.2, -0.15) is 0 Å². The van der Waals surface area contributed by atoms with Crippen LogP contribution >= 0.6 is 0 Å². The van der Waals surface area contributed by atoms with Crippen molar-refractivity contribution in [2.75, 3.05) is 40.8 Å². The maximum Gasteiger partial charge on any atom is 0.407 e. The van der Waals surface area contributed by atoms with E-state index in [1.165, 1.54) is 13.1 Å². The minimum Gasteiger partial charge on any atom is -0.449 e. The zero-order valence-electron chi connectivity index (χ0n) is 14.4. The van der Waals surface area contributed by atoms with Crippen molar-refractivity contribution in [2.45, 2.75) is 18.9 Å². The summed E-state index contributed by atoms with van der Waals surface area (Å²) in [6.07, 6.45) is 3.76. The number of carbonyl (C=O) groups excluding carboxylic acids is 2. The van der Waals surface area contributed by atoms with Gasteiger partial charge in [-0.1, -0.05) is 6.08 Å². The molecular formula is C15H26N4O5. The highest BCUT2D eigenvalue weighted by atomic mass is 16.6. The first-order valence-corrected chi connectivity index (χ1v) is 7.94. The van der Waals surface area contributed by atoms with Gasteiger partial charge in [-0.15, -0.1) is 0 Å². The first kappa shape index (κ1) is 19.9. The SMILES string of the molecule is CNC(=O)C1C(COC(=O)NCCCN(C)C)CC=CC1[N+](=O)[O-]. The molecule has 0 heterocycles. The fourth-order valence-corrected chi connectivity index (χ4v) is 2.67. The van der Waals surface area contributed by atoms with Crippen molar-refractivity contribution < 1.29 is 19.2 Å². The molecule has 0 aromatic heterocycles. The van der Waals surface area contributed by atoms with Crippen LogP contribution in [0.4, 0.5) is 4.79 Å². The van der Waals surface area contributed by atoms with Gasteiger partial charge < -0.3 is 20.3 Å². The van der Waals surface area contributed by atoms with Gasteiger partial charge in [0, 0.05) is 24.4 Å². The third kappa shape index (κ3) is 6.15. The Bertz CT molecular complexity index is 480. The van der Waals surface area contributed by atoms with E-state index in [0.717, 1.165) is 13.0 Å². The highest BCUT2D eigenvalue weighted by Crippen LogP contribution is 2.28. The Balaban J connectivity index is 2.52. The summed E-state index contributed by atoms with van der Waals surface area (Å²) in [6.45, 7) is 1.29. The van der Waals surface area contributed by atoms with Crippen molar-refractivity contribution in [3.8, 4) is 0 Å². The number of ether oxygens (including phenoxy) is 1. The molecular weight excluding hydrogens is 316 g/mol. The number of rotatable bonds is 8. The summed E-state index contributed by atoms with van der Waals surface area (Å²) in [4.78, 5) is 36.4. The van der Waals surface area contributed by atoms with Gasteiger partial charge in [0.05, 0.1) is 6.61 Å². The molecule has 1 aliphatic carbocycles. The predicted octanol–water partition coefficient (Wildman–Crippen LogP) is 0.248. The summed E-state index contributed by atoms with van der Waals surface area (Å²) in [5.74, 6) is -1.68. The minimum atomic E-state index is -1.10.